The van der Waals surface area contributed by atoms with Crippen LogP contribution in [0.15, 0.2) is 0 Å². The van der Waals surface area contributed by atoms with Crippen molar-refractivity contribution in [2.45, 2.75) is 65.8 Å². The van der Waals surface area contributed by atoms with Crippen LogP contribution in [0.3, 0.4) is 0 Å². The van der Waals surface area contributed by atoms with E-state index in [1.54, 1.807) is 0 Å². The Labute approximate surface area is 121 Å². The predicted octanol–water partition coefficient (Wildman–Crippen LogP) is 4.59. The number of nitrogens with two attached hydrogens (primary N) is 1. The molecule has 0 aromatic carbocycles. The fourth-order valence-electron chi connectivity index (χ4n) is 3.21. The van der Waals surface area contributed by atoms with Crippen LogP contribution in [-0.2, 0) is 0 Å². The lowest BCUT2D eigenvalue weighted by molar-refractivity contribution is 0.127. The van der Waals surface area contributed by atoms with E-state index in [1.165, 1.54) is 19.3 Å². The van der Waals surface area contributed by atoms with Gasteiger partial charge in [-0.2, -0.15) is 5.10 Å². The van der Waals surface area contributed by atoms with Gasteiger partial charge in [-0.1, -0.05) is 38.8 Å². The summed E-state index contributed by atoms with van der Waals surface area (Å²) in [5.74, 6) is 1.46. The van der Waals surface area contributed by atoms with E-state index in [0.29, 0.717) is 22.3 Å². The molecule has 1 aromatic rings. The molecule has 108 valence electrons. The van der Waals surface area contributed by atoms with Gasteiger partial charge in [-0.3, -0.25) is 0 Å². The van der Waals surface area contributed by atoms with Gasteiger partial charge in [-0.15, -0.1) is 0 Å². The van der Waals surface area contributed by atoms with Gasteiger partial charge in [0, 0.05) is 0 Å². The Bertz CT molecular complexity index is 442. The molecule has 3 nitrogen and oxygen atoms in total. The van der Waals surface area contributed by atoms with E-state index in [9.17, 15) is 0 Å². The van der Waals surface area contributed by atoms with Gasteiger partial charge in [0.25, 0.3) is 0 Å². The molecular weight excluding hydrogens is 258 g/mol. The molecule has 1 fully saturated rings. The van der Waals surface area contributed by atoms with Crippen LogP contribution >= 0.6 is 11.6 Å². The Morgan fingerprint density at radius 1 is 1.32 bits per heavy atom. The van der Waals surface area contributed by atoms with Crippen molar-refractivity contribution < 1.29 is 0 Å². The molecule has 19 heavy (non-hydrogen) atoms. The number of nitrogen functional groups attached to an aromatic ring is 1. The standard InChI is InChI=1S/C15H26ClN3/c1-5-15(3,4)11-6-8-12(9-7-11)19-14(17)13(16)10(2)18-19/h11-12H,5-9,17H2,1-4H3. The second-order valence-electron chi connectivity index (χ2n) is 6.58. The average Bonchev–Trinajstić information content (AvgIpc) is 2.67. The summed E-state index contributed by atoms with van der Waals surface area (Å²) in [6, 6.07) is 0.426. The van der Waals surface area contributed by atoms with Gasteiger partial charge in [-0.05, 0) is 43.9 Å². The third kappa shape index (κ3) is 2.76. The molecule has 0 aliphatic heterocycles. The lowest BCUT2D eigenvalue weighted by atomic mass is 9.69. The molecule has 2 N–H and O–H groups in total. The molecule has 1 aliphatic carbocycles. The van der Waals surface area contributed by atoms with E-state index in [1.807, 2.05) is 11.6 Å². The molecular formula is C15H26ClN3. The van der Waals surface area contributed by atoms with Crippen LogP contribution in [0.1, 0.15) is 64.6 Å². The van der Waals surface area contributed by atoms with Crippen molar-refractivity contribution in [2.24, 2.45) is 11.3 Å². The van der Waals surface area contributed by atoms with Gasteiger partial charge >= 0.3 is 0 Å². The largest absolute Gasteiger partial charge is 0.383 e. The number of nitrogens with zero attached hydrogens (tertiary/aromatic N) is 2. The minimum absolute atomic E-state index is 0.426. The minimum Gasteiger partial charge on any atom is -0.383 e. The molecule has 1 aromatic heterocycles. The van der Waals surface area contributed by atoms with E-state index in [4.69, 9.17) is 17.3 Å². The smallest absolute Gasteiger partial charge is 0.141 e. The van der Waals surface area contributed by atoms with E-state index >= 15 is 0 Å². The van der Waals surface area contributed by atoms with Crippen LogP contribution in [0.2, 0.25) is 5.02 Å². The normalized spacial score (nSPS) is 24.7. The van der Waals surface area contributed by atoms with Gasteiger partial charge in [-0.25, -0.2) is 4.68 Å². The number of aromatic nitrogens is 2. The Hall–Kier alpha value is -0.700. The van der Waals surface area contributed by atoms with Crippen molar-refractivity contribution in [1.29, 1.82) is 0 Å². The zero-order chi connectivity index (χ0) is 14.2. The molecule has 2 rings (SSSR count). The maximum atomic E-state index is 6.13. The second kappa shape index (κ2) is 5.35. The quantitative estimate of drug-likeness (QED) is 0.881. The van der Waals surface area contributed by atoms with Crippen LogP contribution in [0.4, 0.5) is 5.82 Å². The van der Waals surface area contributed by atoms with Crippen molar-refractivity contribution in [2.75, 3.05) is 5.73 Å². The molecule has 0 amide bonds. The van der Waals surface area contributed by atoms with Crippen LogP contribution in [0.5, 0.6) is 0 Å². The first-order valence-corrected chi connectivity index (χ1v) is 7.74. The molecule has 0 saturated heterocycles. The maximum absolute atomic E-state index is 6.13. The molecule has 4 heteroatoms. The summed E-state index contributed by atoms with van der Waals surface area (Å²) in [6.45, 7) is 8.99. The first kappa shape index (κ1) is 14.7. The molecule has 0 bridgehead atoms. The highest BCUT2D eigenvalue weighted by Crippen LogP contribution is 2.44. The first-order chi connectivity index (χ1) is 8.86. The third-order valence-electron chi connectivity index (χ3n) is 5.11. The zero-order valence-electron chi connectivity index (χ0n) is 12.5. The van der Waals surface area contributed by atoms with Crippen molar-refractivity contribution in [3.8, 4) is 0 Å². The summed E-state index contributed by atoms with van der Waals surface area (Å²) in [4.78, 5) is 0. The lowest BCUT2D eigenvalue weighted by Crippen LogP contribution is -2.29. The van der Waals surface area contributed by atoms with Gasteiger partial charge in [0.1, 0.15) is 10.8 Å². The summed E-state index contributed by atoms with van der Waals surface area (Å²) in [7, 11) is 0. The summed E-state index contributed by atoms with van der Waals surface area (Å²) in [5, 5.41) is 5.12. The third-order valence-corrected chi connectivity index (χ3v) is 5.57. The zero-order valence-corrected chi connectivity index (χ0v) is 13.3. The number of aryl methyl sites for hydroxylation is 1. The Morgan fingerprint density at radius 3 is 2.32 bits per heavy atom. The maximum Gasteiger partial charge on any atom is 0.141 e. The van der Waals surface area contributed by atoms with Gasteiger partial charge < -0.3 is 5.73 Å². The van der Waals surface area contributed by atoms with Crippen LogP contribution in [-0.4, -0.2) is 9.78 Å². The number of hydrogen-bond acceptors (Lipinski definition) is 2. The van der Waals surface area contributed by atoms with Crippen LogP contribution < -0.4 is 5.73 Å². The van der Waals surface area contributed by atoms with Gasteiger partial charge in [0.2, 0.25) is 0 Å². The SMILES string of the molecule is CCC(C)(C)C1CCC(n2nc(C)c(Cl)c2N)CC1. The van der Waals surface area contributed by atoms with Crippen molar-refractivity contribution in [3.05, 3.63) is 10.7 Å². The van der Waals surface area contributed by atoms with E-state index in [2.05, 4.69) is 25.9 Å². The summed E-state index contributed by atoms with van der Waals surface area (Å²) in [6.07, 6.45) is 6.10. The lowest BCUT2D eigenvalue weighted by Gasteiger charge is -2.39. The molecule has 1 saturated carbocycles. The minimum atomic E-state index is 0.426. The Morgan fingerprint density at radius 2 is 1.89 bits per heavy atom. The molecule has 1 aliphatic rings. The monoisotopic (exact) mass is 283 g/mol. The van der Waals surface area contributed by atoms with E-state index in [-0.39, 0.29) is 0 Å². The topological polar surface area (TPSA) is 43.8 Å². The number of anilines is 1. The second-order valence-corrected chi connectivity index (χ2v) is 6.95. The summed E-state index contributed by atoms with van der Waals surface area (Å²) in [5.41, 5.74) is 7.34. The number of halogens is 1. The summed E-state index contributed by atoms with van der Waals surface area (Å²) >= 11 is 6.13. The fraction of sp³-hybridized carbons (Fsp3) is 0.800. The molecule has 0 atom stereocenters. The molecule has 0 unspecified atom stereocenters. The molecule has 0 radical (unpaired) electrons. The van der Waals surface area contributed by atoms with Crippen molar-refractivity contribution in [3.63, 3.8) is 0 Å². The summed E-state index contributed by atoms with van der Waals surface area (Å²) < 4.78 is 1.95. The molecule has 1 heterocycles. The first-order valence-electron chi connectivity index (χ1n) is 7.37. The Kier molecular flexibility index (Phi) is 4.14. The van der Waals surface area contributed by atoms with E-state index in [0.717, 1.165) is 24.5 Å². The van der Waals surface area contributed by atoms with Crippen LogP contribution in [0.25, 0.3) is 0 Å². The highest BCUT2D eigenvalue weighted by Gasteiger charge is 2.33. The highest BCUT2D eigenvalue weighted by atomic mass is 35.5. The highest BCUT2D eigenvalue weighted by molar-refractivity contribution is 6.33. The number of hydrogen-bond donors (Lipinski definition) is 1. The Balaban J connectivity index is 2.06. The molecule has 0 spiro atoms. The van der Waals surface area contributed by atoms with Gasteiger partial charge in [0.05, 0.1) is 11.7 Å². The average molecular weight is 284 g/mol. The van der Waals surface area contributed by atoms with E-state index < -0.39 is 0 Å². The van der Waals surface area contributed by atoms with Crippen LogP contribution in [0, 0.1) is 18.3 Å². The van der Waals surface area contributed by atoms with Gasteiger partial charge in [0.15, 0.2) is 0 Å². The predicted molar refractivity (Wildman–Crippen MR) is 81.5 cm³/mol. The van der Waals surface area contributed by atoms with Crippen molar-refractivity contribution in [1.82, 2.24) is 9.78 Å². The fourth-order valence-corrected chi connectivity index (χ4v) is 3.34. The number of rotatable bonds is 3. The van der Waals surface area contributed by atoms with Crippen molar-refractivity contribution >= 4 is 17.4 Å².